The number of halogens is 1. The number of hydrogen-bond acceptors (Lipinski definition) is 1. The summed E-state index contributed by atoms with van der Waals surface area (Å²) >= 11 is 3.53. The summed E-state index contributed by atoms with van der Waals surface area (Å²) in [5.41, 5.74) is 1.36. The van der Waals surface area contributed by atoms with Gasteiger partial charge in [0.1, 0.15) is 0 Å². The van der Waals surface area contributed by atoms with Crippen molar-refractivity contribution in [2.45, 2.75) is 51.6 Å². The normalized spacial score (nSPS) is 19.7. The minimum atomic E-state index is 0.433. The van der Waals surface area contributed by atoms with Crippen molar-refractivity contribution >= 4 is 15.9 Å². The average Bonchev–Trinajstić information content (AvgIpc) is 2.23. The largest absolute Gasteiger partial charge is 0.308 e. The molecule has 0 radical (unpaired) electrons. The summed E-state index contributed by atoms with van der Waals surface area (Å²) in [7, 11) is 0. The van der Waals surface area contributed by atoms with Crippen LogP contribution in [0.4, 0.5) is 0 Å². The van der Waals surface area contributed by atoms with Crippen molar-refractivity contribution in [3.05, 3.63) is 34.3 Å². The zero-order chi connectivity index (χ0) is 12.3. The fourth-order valence-electron chi connectivity index (χ4n) is 2.60. The van der Waals surface area contributed by atoms with Crippen LogP contribution in [0, 0.1) is 5.92 Å². The van der Waals surface area contributed by atoms with Crippen LogP contribution >= 0.6 is 15.9 Å². The van der Waals surface area contributed by atoms with Gasteiger partial charge < -0.3 is 5.32 Å². The maximum absolute atomic E-state index is 3.70. The summed E-state index contributed by atoms with van der Waals surface area (Å²) in [4.78, 5) is 0. The molecule has 17 heavy (non-hydrogen) atoms. The van der Waals surface area contributed by atoms with Gasteiger partial charge in [-0.2, -0.15) is 0 Å². The molecular formula is C15H22BrN. The van der Waals surface area contributed by atoms with Crippen molar-refractivity contribution < 1.29 is 0 Å². The number of rotatable bonds is 5. The van der Waals surface area contributed by atoms with Crippen molar-refractivity contribution in [1.29, 1.82) is 0 Å². The summed E-state index contributed by atoms with van der Waals surface area (Å²) in [6.45, 7) is 4.56. The van der Waals surface area contributed by atoms with E-state index in [9.17, 15) is 0 Å². The van der Waals surface area contributed by atoms with Gasteiger partial charge in [-0.25, -0.2) is 0 Å². The van der Waals surface area contributed by atoms with Gasteiger partial charge in [-0.1, -0.05) is 47.3 Å². The zero-order valence-electron chi connectivity index (χ0n) is 10.7. The Morgan fingerprint density at radius 3 is 2.71 bits per heavy atom. The molecule has 2 atom stereocenters. The van der Waals surface area contributed by atoms with Crippen molar-refractivity contribution in [1.82, 2.24) is 5.32 Å². The monoisotopic (exact) mass is 295 g/mol. The van der Waals surface area contributed by atoms with Crippen LogP contribution < -0.4 is 5.32 Å². The lowest BCUT2D eigenvalue weighted by molar-refractivity contribution is 0.259. The van der Waals surface area contributed by atoms with Gasteiger partial charge in [-0.15, -0.1) is 0 Å². The van der Waals surface area contributed by atoms with Crippen LogP contribution in [0.25, 0.3) is 0 Å². The zero-order valence-corrected chi connectivity index (χ0v) is 12.3. The van der Waals surface area contributed by atoms with Crippen molar-refractivity contribution in [2.75, 3.05) is 0 Å². The Balaban J connectivity index is 1.84. The van der Waals surface area contributed by atoms with Crippen LogP contribution in [-0.4, -0.2) is 6.04 Å². The van der Waals surface area contributed by atoms with Gasteiger partial charge >= 0.3 is 0 Å². The molecule has 1 saturated carbocycles. The lowest BCUT2D eigenvalue weighted by Gasteiger charge is -2.30. The Bertz CT molecular complexity index is 360. The number of nitrogens with one attached hydrogen (secondary N) is 1. The second-order valence-corrected chi connectivity index (χ2v) is 6.29. The SMILES string of the molecule is CC(CC1CCC1)N[C@H](C)c1cccc(Br)c1. The van der Waals surface area contributed by atoms with E-state index in [1.54, 1.807) is 0 Å². The van der Waals surface area contributed by atoms with Gasteiger partial charge in [-0.3, -0.25) is 0 Å². The molecule has 1 nitrogen and oxygen atoms in total. The Morgan fingerprint density at radius 1 is 1.35 bits per heavy atom. The summed E-state index contributed by atoms with van der Waals surface area (Å²) in [5, 5.41) is 3.70. The summed E-state index contributed by atoms with van der Waals surface area (Å²) in [6, 6.07) is 9.63. The Hall–Kier alpha value is -0.340. The third kappa shape index (κ3) is 3.82. The molecule has 2 rings (SSSR count). The third-order valence-corrected chi connectivity index (χ3v) is 4.29. The second-order valence-electron chi connectivity index (χ2n) is 5.38. The molecule has 0 aromatic heterocycles. The van der Waals surface area contributed by atoms with Crippen LogP contribution in [0.5, 0.6) is 0 Å². The van der Waals surface area contributed by atoms with E-state index in [4.69, 9.17) is 0 Å². The molecule has 94 valence electrons. The lowest BCUT2D eigenvalue weighted by atomic mass is 9.81. The first kappa shape index (κ1) is 13.1. The molecule has 1 aliphatic carbocycles. The molecule has 1 aromatic rings. The van der Waals surface area contributed by atoms with Gasteiger partial charge in [0.15, 0.2) is 0 Å². The van der Waals surface area contributed by atoms with E-state index in [0.717, 1.165) is 10.4 Å². The first-order chi connectivity index (χ1) is 8.15. The van der Waals surface area contributed by atoms with Gasteiger partial charge in [0.2, 0.25) is 0 Å². The molecular weight excluding hydrogens is 274 g/mol. The van der Waals surface area contributed by atoms with Crippen molar-refractivity contribution in [2.24, 2.45) is 5.92 Å². The predicted octanol–water partition coefficient (Wildman–Crippen LogP) is 4.68. The van der Waals surface area contributed by atoms with Gasteiger partial charge in [0.05, 0.1) is 0 Å². The summed E-state index contributed by atoms with van der Waals surface area (Å²) < 4.78 is 1.16. The van der Waals surface area contributed by atoms with Crippen LogP contribution in [-0.2, 0) is 0 Å². The molecule has 1 N–H and O–H groups in total. The molecule has 1 aromatic carbocycles. The maximum atomic E-state index is 3.70. The molecule has 1 unspecified atom stereocenters. The van der Waals surface area contributed by atoms with Gasteiger partial charge in [-0.05, 0) is 43.9 Å². The Labute approximate surface area is 113 Å². The molecule has 0 heterocycles. The molecule has 0 amide bonds. The van der Waals surface area contributed by atoms with Crippen LogP contribution in [0.1, 0.15) is 51.1 Å². The van der Waals surface area contributed by atoms with E-state index in [0.29, 0.717) is 12.1 Å². The van der Waals surface area contributed by atoms with E-state index in [-0.39, 0.29) is 0 Å². The van der Waals surface area contributed by atoms with Crippen molar-refractivity contribution in [3.8, 4) is 0 Å². The van der Waals surface area contributed by atoms with Crippen LogP contribution in [0.15, 0.2) is 28.7 Å². The standard InChI is InChI=1S/C15H22BrN/c1-11(9-13-5-3-6-13)17-12(2)14-7-4-8-15(16)10-14/h4,7-8,10-13,17H,3,5-6,9H2,1-2H3/t11?,12-/m1/s1. The number of benzene rings is 1. The second kappa shape index (κ2) is 6.01. The van der Waals surface area contributed by atoms with E-state index in [1.807, 2.05) is 0 Å². The van der Waals surface area contributed by atoms with E-state index < -0.39 is 0 Å². The molecule has 1 fully saturated rings. The van der Waals surface area contributed by atoms with Gasteiger partial charge in [0, 0.05) is 16.6 Å². The Morgan fingerprint density at radius 2 is 2.12 bits per heavy atom. The van der Waals surface area contributed by atoms with Crippen LogP contribution in [0.3, 0.4) is 0 Å². The summed E-state index contributed by atoms with van der Waals surface area (Å²) in [5.74, 6) is 0.979. The lowest BCUT2D eigenvalue weighted by Crippen LogP contribution is -2.32. The number of hydrogen-bond donors (Lipinski definition) is 1. The molecule has 0 spiro atoms. The third-order valence-electron chi connectivity index (χ3n) is 3.79. The molecule has 2 heteroatoms. The average molecular weight is 296 g/mol. The molecule has 0 aliphatic heterocycles. The highest BCUT2D eigenvalue weighted by molar-refractivity contribution is 9.10. The van der Waals surface area contributed by atoms with E-state index in [2.05, 4.69) is 59.4 Å². The highest BCUT2D eigenvalue weighted by Gasteiger charge is 2.20. The summed E-state index contributed by atoms with van der Waals surface area (Å²) in [6.07, 6.45) is 5.66. The van der Waals surface area contributed by atoms with E-state index in [1.165, 1.54) is 31.2 Å². The highest BCUT2D eigenvalue weighted by Crippen LogP contribution is 2.31. The van der Waals surface area contributed by atoms with Crippen molar-refractivity contribution in [3.63, 3.8) is 0 Å². The minimum absolute atomic E-state index is 0.433. The molecule has 0 bridgehead atoms. The quantitative estimate of drug-likeness (QED) is 0.832. The Kier molecular flexibility index (Phi) is 4.63. The topological polar surface area (TPSA) is 12.0 Å². The fourth-order valence-corrected chi connectivity index (χ4v) is 3.01. The fraction of sp³-hybridized carbons (Fsp3) is 0.600. The first-order valence-corrected chi connectivity index (χ1v) is 7.46. The maximum Gasteiger partial charge on any atom is 0.0294 e. The van der Waals surface area contributed by atoms with E-state index >= 15 is 0 Å². The minimum Gasteiger partial charge on any atom is -0.308 e. The van der Waals surface area contributed by atoms with Gasteiger partial charge in [0.25, 0.3) is 0 Å². The van der Waals surface area contributed by atoms with Crippen LogP contribution in [0.2, 0.25) is 0 Å². The smallest absolute Gasteiger partial charge is 0.0294 e. The first-order valence-electron chi connectivity index (χ1n) is 6.66. The molecule has 1 aliphatic rings. The predicted molar refractivity (Wildman–Crippen MR) is 77.1 cm³/mol. The highest BCUT2D eigenvalue weighted by atomic mass is 79.9. The molecule has 0 saturated heterocycles.